The highest BCUT2D eigenvalue weighted by molar-refractivity contribution is 6.34. The number of halogens is 3. The third-order valence-corrected chi connectivity index (χ3v) is 5.69. The van der Waals surface area contributed by atoms with Gasteiger partial charge < -0.3 is 20.7 Å². The van der Waals surface area contributed by atoms with E-state index in [1.165, 1.54) is 18.2 Å². The molecule has 188 valence electrons. The summed E-state index contributed by atoms with van der Waals surface area (Å²) in [6, 6.07) is 8.63. The molecule has 7 nitrogen and oxygen atoms in total. The van der Waals surface area contributed by atoms with Crippen LogP contribution in [0.25, 0.3) is 0 Å². The zero-order valence-electron chi connectivity index (χ0n) is 19.7. The second kappa shape index (κ2) is 11.0. The number of ether oxygens (including phenoxy) is 1. The Morgan fingerprint density at radius 3 is 2.37 bits per heavy atom. The number of amides is 3. The van der Waals surface area contributed by atoms with Gasteiger partial charge in [0.2, 0.25) is 5.91 Å². The molecular weight excluding hydrogens is 480 g/mol. The third kappa shape index (κ3) is 7.65. The summed E-state index contributed by atoms with van der Waals surface area (Å²) < 4.78 is 30.1. The Morgan fingerprint density at radius 1 is 1.03 bits per heavy atom. The lowest BCUT2D eigenvalue weighted by atomic mass is 9.95. The van der Waals surface area contributed by atoms with E-state index in [1.54, 1.807) is 39.0 Å². The Bertz CT molecular complexity index is 1110. The Balaban J connectivity index is 1.76. The van der Waals surface area contributed by atoms with Gasteiger partial charge in [0.05, 0.1) is 16.1 Å². The Labute approximate surface area is 207 Å². The molecule has 2 aromatic carbocycles. The molecule has 0 unspecified atom stereocenters. The molecule has 0 radical (unpaired) electrons. The van der Waals surface area contributed by atoms with E-state index in [-0.39, 0.29) is 40.0 Å². The van der Waals surface area contributed by atoms with Crippen LogP contribution in [-0.4, -0.2) is 30.9 Å². The number of benzene rings is 2. The first-order chi connectivity index (χ1) is 16.4. The summed E-state index contributed by atoms with van der Waals surface area (Å²) in [5.74, 6) is -1.17. The summed E-state index contributed by atoms with van der Waals surface area (Å²) in [5.41, 5.74) is 0.346. The molecule has 0 bridgehead atoms. The van der Waals surface area contributed by atoms with Gasteiger partial charge in [-0.15, -0.1) is 0 Å². The molecule has 3 N–H and O–H groups in total. The van der Waals surface area contributed by atoms with Gasteiger partial charge in [-0.3, -0.25) is 14.4 Å². The highest BCUT2D eigenvalue weighted by atomic mass is 35.5. The van der Waals surface area contributed by atoms with E-state index in [9.17, 15) is 23.2 Å². The van der Waals surface area contributed by atoms with Crippen LogP contribution >= 0.6 is 11.6 Å². The lowest BCUT2D eigenvalue weighted by Crippen LogP contribution is -2.34. The Hall–Kier alpha value is -3.20. The average Bonchev–Trinajstić information content (AvgIpc) is 3.61. The van der Waals surface area contributed by atoms with Gasteiger partial charge in [0.1, 0.15) is 5.75 Å². The second-order valence-electron chi connectivity index (χ2n) is 9.44. The molecule has 3 amide bonds. The summed E-state index contributed by atoms with van der Waals surface area (Å²) in [6.07, 6.45) is 2.02. The largest absolute Gasteiger partial charge is 0.434 e. The summed E-state index contributed by atoms with van der Waals surface area (Å²) in [4.78, 5) is 37.6. The topological polar surface area (TPSA) is 96.5 Å². The van der Waals surface area contributed by atoms with E-state index in [4.69, 9.17) is 11.6 Å². The molecule has 35 heavy (non-hydrogen) atoms. The fraction of sp³-hybridized carbons (Fsp3) is 0.400. The molecular formula is C25H28ClF2N3O4. The monoisotopic (exact) mass is 507 g/mol. The fourth-order valence-corrected chi connectivity index (χ4v) is 3.34. The molecule has 2 aromatic rings. The van der Waals surface area contributed by atoms with E-state index in [1.807, 2.05) is 0 Å². The predicted molar refractivity (Wildman–Crippen MR) is 129 cm³/mol. The minimum absolute atomic E-state index is 0.117. The molecule has 0 heterocycles. The lowest BCUT2D eigenvalue weighted by Gasteiger charge is -2.18. The molecule has 0 atom stereocenters. The van der Waals surface area contributed by atoms with Gasteiger partial charge in [0.25, 0.3) is 11.8 Å². The molecule has 1 aliphatic rings. The summed E-state index contributed by atoms with van der Waals surface area (Å²) in [6.45, 7) is 2.92. The number of carbonyl (C=O) groups is 3. The summed E-state index contributed by atoms with van der Waals surface area (Å²) >= 11 is 6.22. The van der Waals surface area contributed by atoms with Crippen molar-refractivity contribution in [1.82, 2.24) is 10.6 Å². The van der Waals surface area contributed by atoms with Crippen molar-refractivity contribution >= 4 is 35.0 Å². The maximum atomic E-state index is 12.9. The van der Waals surface area contributed by atoms with E-state index in [2.05, 4.69) is 20.7 Å². The number of hydrogen-bond acceptors (Lipinski definition) is 4. The van der Waals surface area contributed by atoms with Gasteiger partial charge in [-0.2, -0.15) is 8.78 Å². The highest BCUT2D eigenvalue weighted by Gasteiger charge is 2.24. The SMILES string of the molecule is CC(C)(C)C(=O)NCc1ccc(Cl)c(C(=O)Nc2ccc(OC(F)F)c(C(=O)NCC3CC3)c2)c1. The summed E-state index contributed by atoms with van der Waals surface area (Å²) in [5, 5.41) is 8.33. The molecule has 1 fully saturated rings. The molecule has 0 aromatic heterocycles. The van der Waals surface area contributed by atoms with E-state index < -0.39 is 23.8 Å². The number of rotatable bonds is 9. The molecule has 3 rings (SSSR count). The average molecular weight is 508 g/mol. The van der Waals surface area contributed by atoms with Crippen molar-refractivity contribution in [3.8, 4) is 5.75 Å². The van der Waals surface area contributed by atoms with Crippen LogP contribution in [-0.2, 0) is 11.3 Å². The van der Waals surface area contributed by atoms with Gasteiger partial charge >= 0.3 is 6.61 Å². The van der Waals surface area contributed by atoms with Gasteiger partial charge in [-0.1, -0.05) is 38.4 Å². The van der Waals surface area contributed by atoms with E-state index >= 15 is 0 Å². The number of carbonyl (C=O) groups excluding carboxylic acids is 3. The first-order valence-electron chi connectivity index (χ1n) is 11.2. The quantitative estimate of drug-likeness (QED) is 0.445. The predicted octanol–water partition coefficient (Wildman–Crippen LogP) is 5.00. The number of anilines is 1. The number of alkyl halides is 2. The van der Waals surface area contributed by atoms with Crippen molar-refractivity contribution in [3.63, 3.8) is 0 Å². The van der Waals surface area contributed by atoms with Crippen molar-refractivity contribution in [1.29, 1.82) is 0 Å². The van der Waals surface area contributed by atoms with Crippen LogP contribution in [0.2, 0.25) is 5.02 Å². The van der Waals surface area contributed by atoms with Crippen molar-refractivity contribution < 1.29 is 27.9 Å². The van der Waals surface area contributed by atoms with Crippen LogP contribution in [0.15, 0.2) is 36.4 Å². The van der Waals surface area contributed by atoms with Crippen LogP contribution in [0.4, 0.5) is 14.5 Å². The van der Waals surface area contributed by atoms with Crippen molar-refractivity contribution in [2.75, 3.05) is 11.9 Å². The van der Waals surface area contributed by atoms with Crippen LogP contribution < -0.4 is 20.7 Å². The van der Waals surface area contributed by atoms with Gasteiger partial charge in [0, 0.05) is 24.2 Å². The Morgan fingerprint density at radius 2 is 1.74 bits per heavy atom. The smallest absolute Gasteiger partial charge is 0.387 e. The van der Waals surface area contributed by atoms with Gasteiger partial charge in [-0.05, 0) is 54.7 Å². The van der Waals surface area contributed by atoms with Crippen LogP contribution in [0.5, 0.6) is 5.75 Å². The zero-order valence-corrected chi connectivity index (χ0v) is 20.5. The number of nitrogens with one attached hydrogen (secondary N) is 3. The maximum absolute atomic E-state index is 12.9. The first kappa shape index (κ1) is 26.4. The van der Waals surface area contributed by atoms with Crippen LogP contribution in [0, 0.1) is 11.3 Å². The van der Waals surface area contributed by atoms with Crippen molar-refractivity contribution in [3.05, 3.63) is 58.1 Å². The Kier molecular flexibility index (Phi) is 8.32. The lowest BCUT2D eigenvalue weighted by molar-refractivity contribution is -0.128. The second-order valence-corrected chi connectivity index (χ2v) is 9.85. The number of hydrogen-bond donors (Lipinski definition) is 3. The van der Waals surface area contributed by atoms with Gasteiger partial charge in [0.15, 0.2) is 0 Å². The fourth-order valence-electron chi connectivity index (χ4n) is 3.14. The maximum Gasteiger partial charge on any atom is 0.387 e. The molecule has 0 spiro atoms. The highest BCUT2D eigenvalue weighted by Crippen LogP contribution is 2.29. The molecule has 0 aliphatic heterocycles. The minimum atomic E-state index is -3.11. The molecule has 1 aliphatic carbocycles. The van der Waals surface area contributed by atoms with E-state index in [0.717, 1.165) is 12.8 Å². The molecule has 1 saturated carbocycles. The van der Waals surface area contributed by atoms with Crippen molar-refractivity contribution in [2.45, 2.75) is 46.8 Å². The zero-order chi connectivity index (χ0) is 25.8. The van der Waals surface area contributed by atoms with Crippen molar-refractivity contribution in [2.24, 2.45) is 11.3 Å². The third-order valence-electron chi connectivity index (χ3n) is 5.36. The minimum Gasteiger partial charge on any atom is -0.434 e. The molecule has 0 saturated heterocycles. The van der Waals surface area contributed by atoms with Gasteiger partial charge in [-0.25, -0.2) is 0 Å². The standard InChI is InChI=1S/C25H28ClF2N3O4/c1-25(2,3)23(34)30-13-15-6-8-19(26)17(10-15)22(33)31-16-7-9-20(35-24(27)28)18(11-16)21(32)29-12-14-4-5-14/h6-11,14,24H,4-5,12-13H2,1-3H3,(H,29,32)(H,30,34)(H,31,33). The summed E-state index contributed by atoms with van der Waals surface area (Å²) in [7, 11) is 0. The van der Waals surface area contributed by atoms with Crippen LogP contribution in [0.1, 0.15) is 59.9 Å². The normalized spacial score (nSPS) is 13.3. The first-order valence-corrected chi connectivity index (χ1v) is 11.6. The van der Waals surface area contributed by atoms with Crippen LogP contribution in [0.3, 0.4) is 0 Å². The van der Waals surface area contributed by atoms with E-state index in [0.29, 0.717) is 18.0 Å². The molecule has 10 heteroatoms.